The maximum atomic E-state index is 13.6. The second kappa shape index (κ2) is 5.85. The molecule has 0 aliphatic carbocycles. The molecule has 104 valence electrons. The fraction of sp³-hybridized carbons (Fsp3) is 0.231. The second-order valence-corrected chi connectivity index (χ2v) is 5.45. The summed E-state index contributed by atoms with van der Waals surface area (Å²) in [6.45, 7) is 1.24. The molecule has 0 saturated heterocycles. The first-order valence-corrected chi connectivity index (χ1v) is 7.17. The molecular formula is C13H10ClFN2O2S. The molecule has 2 aromatic rings. The van der Waals surface area contributed by atoms with Gasteiger partial charge in [-0.25, -0.2) is 14.4 Å². The van der Waals surface area contributed by atoms with E-state index in [4.69, 9.17) is 21.1 Å². The molecule has 1 aliphatic rings. The van der Waals surface area contributed by atoms with E-state index in [0.717, 1.165) is 29.3 Å². The van der Waals surface area contributed by atoms with Crippen LogP contribution in [0.2, 0.25) is 5.28 Å². The highest BCUT2D eigenvalue weighted by molar-refractivity contribution is 7.99. The zero-order chi connectivity index (χ0) is 13.9. The van der Waals surface area contributed by atoms with Gasteiger partial charge in [-0.2, -0.15) is 0 Å². The highest BCUT2D eigenvalue weighted by Crippen LogP contribution is 2.36. The van der Waals surface area contributed by atoms with Crippen molar-refractivity contribution in [2.24, 2.45) is 0 Å². The van der Waals surface area contributed by atoms with Crippen molar-refractivity contribution in [3.05, 3.63) is 35.5 Å². The molecular weight excluding hydrogens is 303 g/mol. The third-order valence-electron chi connectivity index (χ3n) is 2.62. The normalized spacial score (nSPS) is 13.9. The lowest BCUT2D eigenvalue weighted by Gasteiger charge is -2.09. The Morgan fingerprint density at radius 3 is 2.85 bits per heavy atom. The van der Waals surface area contributed by atoms with Crippen LogP contribution in [0.3, 0.4) is 0 Å². The van der Waals surface area contributed by atoms with Gasteiger partial charge in [0.25, 0.3) is 0 Å². The van der Waals surface area contributed by atoms with Crippen molar-refractivity contribution in [1.29, 1.82) is 0 Å². The molecule has 3 rings (SSSR count). The predicted molar refractivity (Wildman–Crippen MR) is 73.2 cm³/mol. The molecule has 0 unspecified atom stereocenters. The van der Waals surface area contributed by atoms with Crippen molar-refractivity contribution in [2.75, 3.05) is 13.2 Å². The van der Waals surface area contributed by atoms with Crippen molar-refractivity contribution in [1.82, 2.24) is 9.97 Å². The lowest BCUT2D eigenvalue weighted by molar-refractivity contribution is 0.297. The van der Waals surface area contributed by atoms with Gasteiger partial charge in [0, 0.05) is 11.3 Å². The van der Waals surface area contributed by atoms with Crippen molar-refractivity contribution in [3.63, 3.8) is 0 Å². The van der Waals surface area contributed by atoms with Gasteiger partial charge in [-0.3, -0.25) is 0 Å². The molecule has 2 heterocycles. The summed E-state index contributed by atoms with van der Waals surface area (Å²) in [5, 5.41) is 0.197. The lowest BCUT2D eigenvalue weighted by atomic mass is 10.3. The number of ether oxygens (including phenoxy) is 2. The molecule has 1 aromatic carbocycles. The molecule has 0 spiro atoms. The van der Waals surface area contributed by atoms with Crippen LogP contribution in [0.15, 0.2) is 34.3 Å². The monoisotopic (exact) mass is 312 g/mol. The molecule has 0 atom stereocenters. The van der Waals surface area contributed by atoms with Crippen LogP contribution in [0.4, 0.5) is 4.39 Å². The molecule has 0 saturated carbocycles. The summed E-state index contributed by atoms with van der Waals surface area (Å²) in [6.07, 6.45) is 1.90. The maximum absolute atomic E-state index is 13.6. The Bertz CT molecular complexity index is 642. The smallest absolute Gasteiger partial charge is 0.223 e. The summed E-state index contributed by atoms with van der Waals surface area (Å²) in [5.41, 5.74) is 0. The van der Waals surface area contributed by atoms with E-state index in [0.29, 0.717) is 24.7 Å². The topological polar surface area (TPSA) is 44.2 Å². The summed E-state index contributed by atoms with van der Waals surface area (Å²) in [5.74, 6) is 0.854. The number of nitrogens with zero attached hydrogens (tertiary/aromatic N) is 2. The molecule has 7 heteroatoms. The van der Waals surface area contributed by atoms with Crippen molar-refractivity contribution in [2.45, 2.75) is 16.3 Å². The molecule has 1 aliphatic heterocycles. The van der Waals surface area contributed by atoms with Gasteiger partial charge in [0.15, 0.2) is 17.3 Å². The van der Waals surface area contributed by atoms with Gasteiger partial charge in [0.05, 0.1) is 19.4 Å². The summed E-state index contributed by atoms with van der Waals surface area (Å²) in [6, 6.07) is 5.44. The molecule has 1 aromatic heterocycles. The van der Waals surface area contributed by atoms with E-state index in [9.17, 15) is 4.39 Å². The molecule has 20 heavy (non-hydrogen) atoms. The number of halogens is 2. The molecule has 0 bridgehead atoms. The van der Waals surface area contributed by atoms with Gasteiger partial charge in [-0.05, 0) is 29.8 Å². The van der Waals surface area contributed by atoms with Crippen molar-refractivity contribution < 1.29 is 13.9 Å². The zero-order valence-corrected chi connectivity index (χ0v) is 11.9. The largest absolute Gasteiger partial charge is 0.490 e. The van der Waals surface area contributed by atoms with Crippen LogP contribution < -0.4 is 9.47 Å². The van der Waals surface area contributed by atoms with Crippen LogP contribution in [0.5, 0.6) is 11.5 Å². The van der Waals surface area contributed by atoms with Crippen LogP contribution in [-0.4, -0.2) is 23.2 Å². The van der Waals surface area contributed by atoms with Gasteiger partial charge < -0.3 is 9.47 Å². The zero-order valence-electron chi connectivity index (χ0n) is 10.3. The summed E-state index contributed by atoms with van der Waals surface area (Å²) >= 11 is 6.83. The average molecular weight is 313 g/mol. The van der Waals surface area contributed by atoms with Gasteiger partial charge in [0.2, 0.25) is 5.28 Å². The minimum absolute atomic E-state index is 0.0169. The van der Waals surface area contributed by atoms with Gasteiger partial charge in [-0.15, -0.1) is 0 Å². The fourth-order valence-corrected chi connectivity index (χ4v) is 2.71. The van der Waals surface area contributed by atoms with Crippen molar-refractivity contribution in [3.8, 4) is 11.5 Å². The van der Waals surface area contributed by atoms with Crippen LogP contribution in [0, 0.1) is 5.82 Å². The van der Waals surface area contributed by atoms with E-state index in [1.807, 2.05) is 12.1 Å². The Hall–Kier alpha value is -1.53. The number of fused-ring (bicyclic) bond motifs is 1. The van der Waals surface area contributed by atoms with Crippen LogP contribution in [0.1, 0.15) is 6.42 Å². The molecule has 0 radical (unpaired) electrons. The highest BCUT2D eigenvalue weighted by atomic mass is 35.5. The minimum Gasteiger partial charge on any atom is -0.490 e. The third-order valence-corrected chi connectivity index (χ3v) is 3.77. The number of rotatable bonds is 2. The number of benzene rings is 1. The summed E-state index contributed by atoms with van der Waals surface area (Å²) in [7, 11) is 0. The number of aromatic nitrogens is 2. The van der Waals surface area contributed by atoms with E-state index in [1.54, 1.807) is 6.07 Å². The highest BCUT2D eigenvalue weighted by Gasteiger charge is 2.13. The Labute approximate surface area is 124 Å². The van der Waals surface area contributed by atoms with Gasteiger partial charge in [0.1, 0.15) is 5.03 Å². The second-order valence-electron chi connectivity index (χ2n) is 4.05. The Kier molecular flexibility index (Phi) is 3.93. The van der Waals surface area contributed by atoms with Gasteiger partial charge >= 0.3 is 0 Å². The van der Waals surface area contributed by atoms with E-state index in [1.165, 1.54) is 0 Å². The van der Waals surface area contributed by atoms with Crippen LogP contribution in [-0.2, 0) is 0 Å². The number of hydrogen-bond acceptors (Lipinski definition) is 5. The fourth-order valence-electron chi connectivity index (χ4n) is 1.72. The first kappa shape index (κ1) is 13.5. The van der Waals surface area contributed by atoms with E-state index in [2.05, 4.69) is 9.97 Å². The van der Waals surface area contributed by atoms with E-state index >= 15 is 0 Å². The molecule has 4 nitrogen and oxygen atoms in total. The molecule has 0 N–H and O–H groups in total. The first-order valence-electron chi connectivity index (χ1n) is 5.98. The average Bonchev–Trinajstić information content (AvgIpc) is 2.67. The van der Waals surface area contributed by atoms with Crippen LogP contribution >= 0.6 is 23.4 Å². The molecule has 0 amide bonds. The first-order chi connectivity index (χ1) is 9.72. The quantitative estimate of drug-likeness (QED) is 0.626. The Morgan fingerprint density at radius 1 is 1.20 bits per heavy atom. The van der Waals surface area contributed by atoms with Crippen molar-refractivity contribution >= 4 is 23.4 Å². The minimum atomic E-state index is -0.508. The van der Waals surface area contributed by atoms with Crippen LogP contribution in [0.25, 0.3) is 0 Å². The Morgan fingerprint density at radius 2 is 2.00 bits per heavy atom. The summed E-state index contributed by atoms with van der Waals surface area (Å²) in [4.78, 5) is 8.25. The Balaban J connectivity index is 1.87. The SMILES string of the molecule is Fc1cnc(Cl)nc1Sc1ccc2c(c1)OCCCO2. The van der Waals surface area contributed by atoms with E-state index in [-0.39, 0.29) is 10.3 Å². The predicted octanol–water partition coefficient (Wildman–Crippen LogP) is 3.58. The van der Waals surface area contributed by atoms with E-state index < -0.39 is 5.82 Å². The van der Waals surface area contributed by atoms with Gasteiger partial charge in [-0.1, -0.05) is 11.8 Å². The lowest BCUT2D eigenvalue weighted by Crippen LogP contribution is -1.97. The summed E-state index contributed by atoms with van der Waals surface area (Å²) < 4.78 is 24.7. The molecule has 0 fully saturated rings. The standard InChI is InChI=1S/C13H10ClFN2O2S/c14-13-16-7-9(15)12(17-13)20-8-2-3-10-11(6-8)19-5-1-4-18-10/h2-3,6-7H,1,4-5H2. The maximum Gasteiger partial charge on any atom is 0.223 e. The number of hydrogen-bond donors (Lipinski definition) is 0. The third kappa shape index (κ3) is 2.96.